The van der Waals surface area contributed by atoms with Crippen molar-refractivity contribution < 1.29 is 9.90 Å². The Kier molecular flexibility index (Phi) is 4.61. The summed E-state index contributed by atoms with van der Waals surface area (Å²) in [5.74, 6) is -0.860. The van der Waals surface area contributed by atoms with Crippen LogP contribution in [0.15, 0.2) is 36.4 Å². The largest absolute Gasteiger partial charge is 0.478 e. The Morgan fingerprint density at radius 3 is 2.87 bits per heavy atom. The van der Waals surface area contributed by atoms with Crippen LogP contribution in [0.25, 0.3) is 0 Å². The van der Waals surface area contributed by atoms with Crippen molar-refractivity contribution in [2.75, 3.05) is 0 Å². The van der Waals surface area contributed by atoms with Gasteiger partial charge >= 0.3 is 5.97 Å². The SMILES string of the molecule is CCC=CCCc1cccc(C(=O)O)c1. The lowest BCUT2D eigenvalue weighted by molar-refractivity contribution is 0.0697. The predicted molar refractivity (Wildman–Crippen MR) is 61.2 cm³/mol. The van der Waals surface area contributed by atoms with Crippen LogP contribution in [-0.4, -0.2) is 11.1 Å². The average Bonchev–Trinajstić information content (AvgIpc) is 2.25. The second-order valence-electron chi connectivity index (χ2n) is 3.42. The van der Waals surface area contributed by atoms with Crippen LogP contribution in [0.4, 0.5) is 0 Å². The molecule has 1 aromatic rings. The molecule has 0 unspecified atom stereocenters. The highest BCUT2D eigenvalue weighted by molar-refractivity contribution is 5.87. The van der Waals surface area contributed by atoms with Crippen molar-refractivity contribution >= 4 is 5.97 Å². The highest BCUT2D eigenvalue weighted by Gasteiger charge is 2.01. The summed E-state index contributed by atoms with van der Waals surface area (Å²) in [6.07, 6.45) is 7.18. The molecule has 2 heteroatoms. The molecule has 0 saturated carbocycles. The second-order valence-corrected chi connectivity index (χ2v) is 3.42. The quantitative estimate of drug-likeness (QED) is 0.747. The van der Waals surface area contributed by atoms with E-state index in [2.05, 4.69) is 19.1 Å². The molecule has 0 bridgehead atoms. The fraction of sp³-hybridized carbons (Fsp3) is 0.308. The smallest absolute Gasteiger partial charge is 0.335 e. The minimum Gasteiger partial charge on any atom is -0.478 e. The lowest BCUT2D eigenvalue weighted by atomic mass is 10.1. The summed E-state index contributed by atoms with van der Waals surface area (Å²) >= 11 is 0. The van der Waals surface area contributed by atoms with Crippen molar-refractivity contribution in [3.8, 4) is 0 Å². The Balaban J connectivity index is 2.58. The Morgan fingerprint density at radius 1 is 1.40 bits per heavy atom. The highest BCUT2D eigenvalue weighted by Crippen LogP contribution is 2.08. The van der Waals surface area contributed by atoms with Crippen molar-refractivity contribution in [3.05, 3.63) is 47.5 Å². The third kappa shape index (κ3) is 3.98. The number of hydrogen-bond acceptors (Lipinski definition) is 1. The van der Waals surface area contributed by atoms with Gasteiger partial charge in [-0.2, -0.15) is 0 Å². The van der Waals surface area contributed by atoms with Crippen LogP contribution in [0.5, 0.6) is 0 Å². The molecule has 15 heavy (non-hydrogen) atoms. The fourth-order valence-corrected chi connectivity index (χ4v) is 1.39. The van der Waals surface area contributed by atoms with E-state index in [4.69, 9.17) is 5.11 Å². The molecule has 0 aliphatic carbocycles. The Labute approximate surface area is 90.3 Å². The minimum atomic E-state index is -0.860. The monoisotopic (exact) mass is 204 g/mol. The second kappa shape index (κ2) is 6.02. The Bertz CT molecular complexity index is 353. The number of carbonyl (C=O) groups is 1. The first-order chi connectivity index (χ1) is 7.24. The maximum Gasteiger partial charge on any atom is 0.335 e. The van der Waals surface area contributed by atoms with Gasteiger partial charge in [0.15, 0.2) is 0 Å². The first-order valence-electron chi connectivity index (χ1n) is 5.21. The van der Waals surface area contributed by atoms with E-state index in [-0.39, 0.29) is 0 Å². The van der Waals surface area contributed by atoms with Crippen LogP contribution in [0.3, 0.4) is 0 Å². The van der Waals surface area contributed by atoms with Crippen molar-refractivity contribution in [1.29, 1.82) is 0 Å². The summed E-state index contributed by atoms with van der Waals surface area (Å²) in [6, 6.07) is 7.12. The third-order valence-electron chi connectivity index (χ3n) is 2.18. The van der Waals surface area contributed by atoms with Gasteiger partial charge in [-0.25, -0.2) is 4.79 Å². The van der Waals surface area contributed by atoms with Crippen LogP contribution >= 0.6 is 0 Å². The minimum absolute atomic E-state index is 0.368. The van der Waals surface area contributed by atoms with Crippen LogP contribution in [0.2, 0.25) is 0 Å². The number of aryl methyl sites for hydroxylation is 1. The van der Waals surface area contributed by atoms with Crippen molar-refractivity contribution in [2.24, 2.45) is 0 Å². The number of carboxylic acids is 1. The van der Waals surface area contributed by atoms with E-state index in [1.54, 1.807) is 18.2 Å². The average molecular weight is 204 g/mol. The summed E-state index contributed by atoms with van der Waals surface area (Å²) < 4.78 is 0. The summed E-state index contributed by atoms with van der Waals surface area (Å²) in [6.45, 7) is 2.10. The van der Waals surface area contributed by atoms with Gasteiger partial charge in [0, 0.05) is 0 Å². The number of carboxylic acid groups (broad SMARTS) is 1. The van der Waals surface area contributed by atoms with E-state index >= 15 is 0 Å². The van der Waals surface area contributed by atoms with E-state index in [1.807, 2.05) is 6.07 Å². The molecule has 0 saturated heterocycles. The van der Waals surface area contributed by atoms with Crippen LogP contribution < -0.4 is 0 Å². The molecule has 0 aromatic heterocycles. The molecule has 1 aromatic carbocycles. The molecule has 2 nitrogen and oxygen atoms in total. The van der Waals surface area contributed by atoms with Gasteiger partial charge in [0.2, 0.25) is 0 Å². The van der Waals surface area contributed by atoms with Gasteiger partial charge in [-0.05, 0) is 37.0 Å². The zero-order chi connectivity index (χ0) is 11.1. The van der Waals surface area contributed by atoms with Crippen molar-refractivity contribution in [3.63, 3.8) is 0 Å². The van der Waals surface area contributed by atoms with Crippen LogP contribution in [-0.2, 0) is 6.42 Å². The molecule has 0 fully saturated rings. The van der Waals surface area contributed by atoms with E-state index in [0.29, 0.717) is 5.56 Å². The zero-order valence-electron chi connectivity index (χ0n) is 8.94. The standard InChI is InChI=1S/C13H16O2/c1-2-3-4-5-7-11-8-6-9-12(10-11)13(14)15/h3-4,6,8-10H,2,5,7H2,1H3,(H,14,15). The molecule has 0 atom stereocenters. The molecule has 0 aliphatic rings. The summed E-state index contributed by atoms with van der Waals surface area (Å²) in [5, 5.41) is 8.80. The van der Waals surface area contributed by atoms with E-state index in [0.717, 1.165) is 24.8 Å². The van der Waals surface area contributed by atoms with E-state index in [9.17, 15) is 4.79 Å². The van der Waals surface area contributed by atoms with E-state index < -0.39 is 5.97 Å². The van der Waals surface area contributed by atoms with Gasteiger partial charge in [0.1, 0.15) is 0 Å². The highest BCUT2D eigenvalue weighted by atomic mass is 16.4. The number of rotatable bonds is 5. The normalized spacial score (nSPS) is 10.7. The third-order valence-corrected chi connectivity index (χ3v) is 2.18. The summed E-state index contributed by atoms with van der Waals surface area (Å²) in [7, 11) is 0. The van der Waals surface area contributed by atoms with Gasteiger partial charge in [-0.3, -0.25) is 0 Å². The Morgan fingerprint density at radius 2 is 2.20 bits per heavy atom. The first-order valence-corrected chi connectivity index (χ1v) is 5.21. The van der Waals surface area contributed by atoms with E-state index in [1.165, 1.54) is 0 Å². The molecule has 0 radical (unpaired) electrons. The van der Waals surface area contributed by atoms with Gasteiger partial charge in [0.05, 0.1) is 5.56 Å². The topological polar surface area (TPSA) is 37.3 Å². The summed E-state index contributed by atoms with van der Waals surface area (Å²) in [5.41, 5.74) is 1.45. The van der Waals surface area contributed by atoms with Crippen molar-refractivity contribution in [1.82, 2.24) is 0 Å². The summed E-state index contributed by atoms with van der Waals surface area (Å²) in [4.78, 5) is 10.7. The first kappa shape index (κ1) is 11.5. The van der Waals surface area contributed by atoms with Gasteiger partial charge in [0.25, 0.3) is 0 Å². The number of aromatic carboxylic acids is 1. The fourth-order valence-electron chi connectivity index (χ4n) is 1.39. The number of hydrogen-bond donors (Lipinski definition) is 1. The lowest BCUT2D eigenvalue weighted by Crippen LogP contribution is -1.96. The Hall–Kier alpha value is -1.57. The molecule has 80 valence electrons. The molecule has 0 spiro atoms. The maximum atomic E-state index is 10.7. The maximum absolute atomic E-state index is 10.7. The van der Waals surface area contributed by atoms with Gasteiger partial charge < -0.3 is 5.11 Å². The molecule has 0 amide bonds. The van der Waals surface area contributed by atoms with Crippen molar-refractivity contribution in [2.45, 2.75) is 26.2 Å². The molecule has 1 N–H and O–H groups in total. The van der Waals surface area contributed by atoms with Gasteiger partial charge in [-0.15, -0.1) is 0 Å². The molecular weight excluding hydrogens is 188 g/mol. The number of benzene rings is 1. The van der Waals surface area contributed by atoms with Crippen LogP contribution in [0.1, 0.15) is 35.7 Å². The number of allylic oxidation sites excluding steroid dienone is 2. The zero-order valence-corrected chi connectivity index (χ0v) is 8.94. The van der Waals surface area contributed by atoms with Crippen LogP contribution in [0, 0.1) is 0 Å². The molecular formula is C13H16O2. The molecule has 1 rings (SSSR count). The molecule has 0 aliphatic heterocycles. The van der Waals surface area contributed by atoms with Gasteiger partial charge in [-0.1, -0.05) is 31.2 Å². The predicted octanol–water partition coefficient (Wildman–Crippen LogP) is 3.28. The molecule has 0 heterocycles. The lowest BCUT2D eigenvalue weighted by Gasteiger charge is -2.00.